The van der Waals surface area contributed by atoms with E-state index in [0.29, 0.717) is 18.1 Å². The standard InChI is InChI=1S/C12H16FN5O/c1-3-6-14-8-12-15-16-17-18(12)11-7-9(19-2)4-5-10(11)13/h4-5,7,14H,3,6,8H2,1-2H3. The van der Waals surface area contributed by atoms with Crippen molar-refractivity contribution in [1.82, 2.24) is 25.5 Å². The topological polar surface area (TPSA) is 64.9 Å². The molecule has 0 aliphatic rings. The van der Waals surface area contributed by atoms with Crippen LogP contribution in [0, 0.1) is 5.82 Å². The van der Waals surface area contributed by atoms with Gasteiger partial charge in [-0.15, -0.1) is 5.10 Å². The van der Waals surface area contributed by atoms with Crippen molar-refractivity contribution >= 4 is 0 Å². The maximum Gasteiger partial charge on any atom is 0.170 e. The van der Waals surface area contributed by atoms with Crippen molar-refractivity contribution in [2.45, 2.75) is 19.9 Å². The number of methoxy groups -OCH3 is 1. The quantitative estimate of drug-likeness (QED) is 0.798. The molecule has 102 valence electrons. The lowest BCUT2D eigenvalue weighted by Gasteiger charge is -2.08. The Hall–Kier alpha value is -2.02. The molecule has 2 aromatic rings. The summed E-state index contributed by atoms with van der Waals surface area (Å²) in [7, 11) is 1.53. The van der Waals surface area contributed by atoms with Gasteiger partial charge in [0, 0.05) is 6.07 Å². The van der Waals surface area contributed by atoms with E-state index in [1.54, 1.807) is 12.1 Å². The third-order valence-corrected chi connectivity index (χ3v) is 2.63. The lowest BCUT2D eigenvalue weighted by molar-refractivity contribution is 0.413. The fraction of sp³-hybridized carbons (Fsp3) is 0.417. The molecule has 0 bridgehead atoms. The monoisotopic (exact) mass is 265 g/mol. The number of tetrazole rings is 1. The van der Waals surface area contributed by atoms with Crippen molar-refractivity contribution in [2.75, 3.05) is 13.7 Å². The Morgan fingerprint density at radius 2 is 2.26 bits per heavy atom. The highest BCUT2D eigenvalue weighted by molar-refractivity contribution is 5.40. The Bertz CT molecular complexity index is 543. The van der Waals surface area contributed by atoms with Gasteiger partial charge in [-0.2, -0.15) is 4.68 Å². The molecule has 0 aliphatic carbocycles. The first-order valence-electron chi connectivity index (χ1n) is 6.08. The number of hydrogen-bond acceptors (Lipinski definition) is 5. The minimum absolute atomic E-state index is 0.276. The Balaban J connectivity index is 2.28. The van der Waals surface area contributed by atoms with Gasteiger partial charge in [0.05, 0.1) is 13.7 Å². The second-order valence-corrected chi connectivity index (χ2v) is 4.00. The van der Waals surface area contributed by atoms with Gasteiger partial charge in [-0.3, -0.25) is 0 Å². The van der Waals surface area contributed by atoms with E-state index in [2.05, 4.69) is 27.8 Å². The molecule has 0 fully saturated rings. The van der Waals surface area contributed by atoms with Crippen molar-refractivity contribution in [3.63, 3.8) is 0 Å². The third kappa shape index (κ3) is 3.05. The van der Waals surface area contributed by atoms with E-state index in [1.165, 1.54) is 17.9 Å². The minimum atomic E-state index is -0.398. The molecule has 0 aliphatic heterocycles. The molecule has 6 nitrogen and oxygen atoms in total. The van der Waals surface area contributed by atoms with Gasteiger partial charge < -0.3 is 10.1 Å². The molecular formula is C12H16FN5O. The number of rotatable bonds is 6. The van der Waals surface area contributed by atoms with E-state index in [4.69, 9.17) is 4.74 Å². The smallest absolute Gasteiger partial charge is 0.170 e. The normalized spacial score (nSPS) is 10.7. The average Bonchev–Trinajstić information content (AvgIpc) is 2.88. The lowest BCUT2D eigenvalue weighted by Crippen LogP contribution is -2.18. The van der Waals surface area contributed by atoms with E-state index in [1.807, 2.05) is 0 Å². The second kappa shape index (κ2) is 6.24. The molecule has 0 radical (unpaired) electrons. The summed E-state index contributed by atoms with van der Waals surface area (Å²) in [6.07, 6.45) is 1.01. The van der Waals surface area contributed by atoms with Crippen molar-refractivity contribution in [1.29, 1.82) is 0 Å². The number of halogens is 1. The summed E-state index contributed by atoms with van der Waals surface area (Å²) in [6, 6.07) is 4.45. The predicted octanol–water partition coefficient (Wildman–Crippen LogP) is 1.31. The molecule has 0 spiro atoms. The van der Waals surface area contributed by atoms with Crippen LogP contribution < -0.4 is 10.1 Å². The van der Waals surface area contributed by atoms with Gasteiger partial charge in [-0.1, -0.05) is 6.92 Å². The van der Waals surface area contributed by atoms with Gasteiger partial charge in [-0.25, -0.2) is 4.39 Å². The minimum Gasteiger partial charge on any atom is -0.497 e. The number of nitrogens with zero attached hydrogens (tertiary/aromatic N) is 4. The van der Waals surface area contributed by atoms with Crippen LogP contribution in [0.5, 0.6) is 5.75 Å². The van der Waals surface area contributed by atoms with Gasteiger partial charge >= 0.3 is 0 Å². The van der Waals surface area contributed by atoms with E-state index >= 15 is 0 Å². The van der Waals surface area contributed by atoms with Crippen LogP contribution in [0.4, 0.5) is 4.39 Å². The van der Waals surface area contributed by atoms with Crippen LogP contribution in [-0.2, 0) is 6.54 Å². The van der Waals surface area contributed by atoms with E-state index in [0.717, 1.165) is 13.0 Å². The summed E-state index contributed by atoms with van der Waals surface area (Å²) in [5.41, 5.74) is 0.276. The zero-order chi connectivity index (χ0) is 13.7. The summed E-state index contributed by atoms with van der Waals surface area (Å²) in [6.45, 7) is 3.41. The highest BCUT2D eigenvalue weighted by atomic mass is 19.1. The fourth-order valence-electron chi connectivity index (χ4n) is 1.66. The molecule has 0 atom stereocenters. The van der Waals surface area contributed by atoms with Gasteiger partial charge in [0.2, 0.25) is 0 Å². The van der Waals surface area contributed by atoms with Gasteiger partial charge in [0.25, 0.3) is 0 Å². The molecular weight excluding hydrogens is 249 g/mol. The molecule has 2 rings (SSSR count). The first-order chi connectivity index (χ1) is 9.26. The van der Waals surface area contributed by atoms with Crippen LogP contribution in [-0.4, -0.2) is 33.9 Å². The zero-order valence-electron chi connectivity index (χ0n) is 10.9. The van der Waals surface area contributed by atoms with Crippen LogP contribution in [0.1, 0.15) is 19.2 Å². The number of nitrogens with one attached hydrogen (secondary N) is 1. The second-order valence-electron chi connectivity index (χ2n) is 4.00. The summed E-state index contributed by atoms with van der Waals surface area (Å²) < 4.78 is 20.3. The van der Waals surface area contributed by atoms with Crippen LogP contribution in [0.15, 0.2) is 18.2 Å². The summed E-state index contributed by atoms with van der Waals surface area (Å²) in [5, 5.41) is 14.5. The lowest BCUT2D eigenvalue weighted by atomic mass is 10.3. The van der Waals surface area contributed by atoms with Crippen LogP contribution in [0.25, 0.3) is 5.69 Å². The molecule has 0 saturated heterocycles. The molecule has 0 unspecified atom stereocenters. The van der Waals surface area contributed by atoms with Crippen molar-refractivity contribution < 1.29 is 9.13 Å². The Morgan fingerprint density at radius 1 is 1.42 bits per heavy atom. The molecule has 1 heterocycles. The maximum absolute atomic E-state index is 13.8. The van der Waals surface area contributed by atoms with Crippen LogP contribution in [0.2, 0.25) is 0 Å². The van der Waals surface area contributed by atoms with Gasteiger partial charge in [0.15, 0.2) is 5.82 Å². The summed E-state index contributed by atoms with van der Waals surface area (Å²) in [5.74, 6) is 0.713. The highest BCUT2D eigenvalue weighted by Gasteiger charge is 2.13. The first-order valence-corrected chi connectivity index (χ1v) is 6.08. The third-order valence-electron chi connectivity index (χ3n) is 2.63. The summed E-state index contributed by atoms with van der Waals surface area (Å²) >= 11 is 0. The maximum atomic E-state index is 13.8. The van der Waals surface area contributed by atoms with Crippen molar-refractivity contribution in [2.24, 2.45) is 0 Å². The first kappa shape index (κ1) is 13.4. The average molecular weight is 265 g/mol. The van der Waals surface area contributed by atoms with Crippen molar-refractivity contribution in [3.8, 4) is 11.4 Å². The van der Waals surface area contributed by atoms with Gasteiger partial charge in [0.1, 0.15) is 17.3 Å². The van der Waals surface area contributed by atoms with E-state index in [9.17, 15) is 4.39 Å². The van der Waals surface area contributed by atoms with E-state index < -0.39 is 5.82 Å². The zero-order valence-corrected chi connectivity index (χ0v) is 10.9. The number of ether oxygens (including phenoxy) is 1. The number of aromatic nitrogens is 4. The van der Waals surface area contributed by atoms with E-state index in [-0.39, 0.29) is 5.69 Å². The largest absolute Gasteiger partial charge is 0.497 e. The Morgan fingerprint density at radius 3 is 3.00 bits per heavy atom. The summed E-state index contributed by atoms with van der Waals surface area (Å²) in [4.78, 5) is 0. The predicted molar refractivity (Wildman–Crippen MR) is 67.7 cm³/mol. The SMILES string of the molecule is CCCNCc1nnnn1-c1cc(OC)ccc1F. The number of hydrogen-bond donors (Lipinski definition) is 1. The van der Waals surface area contributed by atoms with Crippen molar-refractivity contribution in [3.05, 3.63) is 29.8 Å². The molecule has 7 heteroatoms. The van der Waals surface area contributed by atoms with Crippen LogP contribution in [0.3, 0.4) is 0 Å². The highest BCUT2D eigenvalue weighted by Crippen LogP contribution is 2.20. The molecule has 1 aromatic carbocycles. The molecule has 19 heavy (non-hydrogen) atoms. The Kier molecular flexibility index (Phi) is 4.40. The fourth-order valence-corrected chi connectivity index (χ4v) is 1.66. The molecule has 1 aromatic heterocycles. The van der Waals surface area contributed by atoms with Gasteiger partial charge in [-0.05, 0) is 35.5 Å². The Labute approximate surface area is 110 Å². The number of benzene rings is 1. The van der Waals surface area contributed by atoms with Crippen LogP contribution >= 0.6 is 0 Å². The molecule has 1 N–H and O–H groups in total. The molecule has 0 amide bonds. The molecule has 0 saturated carbocycles.